The van der Waals surface area contributed by atoms with Crippen molar-refractivity contribution >= 4 is 40.6 Å². The quantitative estimate of drug-likeness (QED) is 0.243. The number of likely N-dealkylation sites (N-methyl/N-ethyl adjacent to an activating group) is 1. The highest BCUT2D eigenvalue weighted by atomic mass is 16.6. The molecule has 1 aromatic carbocycles. The van der Waals surface area contributed by atoms with Crippen LogP contribution in [0.2, 0.25) is 0 Å². The molecule has 1 aromatic rings. The number of benzene rings is 1. The van der Waals surface area contributed by atoms with Crippen LogP contribution in [0.3, 0.4) is 0 Å². The van der Waals surface area contributed by atoms with Gasteiger partial charge in [-0.15, -0.1) is 0 Å². The van der Waals surface area contributed by atoms with E-state index in [9.17, 15) is 39.0 Å². The molecule has 2 amide bonds. The van der Waals surface area contributed by atoms with Gasteiger partial charge in [-0.3, -0.25) is 38.5 Å². The van der Waals surface area contributed by atoms with Crippen LogP contribution in [0, 0.1) is 23.7 Å². The number of aliphatic hydroxyl groups is 1. The zero-order valence-corrected chi connectivity index (χ0v) is 22.3. The first-order valence-electron chi connectivity index (χ1n) is 12.5. The molecule has 0 saturated heterocycles. The van der Waals surface area contributed by atoms with Crippen LogP contribution in [0.25, 0.3) is 0 Å². The Morgan fingerprint density at radius 2 is 1.79 bits per heavy atom. The van der Waals surface area contributed by atoms with Crippen molar-refractivity contribution in [1.82, 2.24) is 10.4 Å². The van der Waals surface area contributed by atoms with Crippen molar-refractivity contribution in [3.63, 3.8) is 0 Å². The summed E-state index contributed by atoms with van der Waals surface area (Å²) in [6.07, 6.45) is 0.0182. The Hall–Kier alpha value is -3.68. The van der Waals surface area contributed by atoms with Crippen LogP contribution in [0.4, 0.5) is 5.69 Å². The molecule has 3 aliphatic rings. The van der Waals surface area contributed by atoms with Crippen LogP contribution >= 0.6 is 0 Å². The number of hydrogen-bond acceptors (Lipinski definition) is 11. The summed E-state index contributed by atoms with van der Waals surface area (Å²) in [4.78, 5) is 87.1. The zero-order chi connectivity index (χ0) is 29.1. The van der Waals surface area contributed by atoms with E-state index in [0.717, 1.165) is 0 Å². The Labute approximate surface area is 224 Å². The van der Waals surface area contributed by atoms with Gasteiger partial charge in [-0.2, -0.15) is 0 Å². The summed E-state index contributed by atoms with van der Waals surface area (Å²) in [7, 11) is 6.41. The van der Waals surface area contributed by atoms with Gasteiger partial charge in [0.25, 0.3) is 5.91 Å². The largest absolute Gasteiger partial charge is 0.506 e. The molecule has 2 unspecified atom stereocenters. The van der Waals surface area contributed by atoms with Crippen LogP contribution in [0.1, 0.15) is 39.6 Å². The van der Waals surface area contributed by atoms with E-state index in [-0.39, 0.29) is 30.6 Å². The van der Waals surface area contributed by atoms with Crippen molar-refractivity contribution in [2.24, 2.45) is 29.4 Å². The van der Waals surface area contributed by atoms with Crippen LogP contribution in [0.5, 0.6) is 5.75 Å². The molecule has 0 radical (unpaired) electrons. The molecular formula is C26H32N4O9. The fourth-order valence-electron chi connectivity index (χ4n) is 6.42. The lowest BCUT2D eigenvalue weighted by Gasteiger charge is -2.52. The monoisotopic (exact) mass is 544 g/mol. The van der Waals surface area contributed by atoms with E-state index < -0.39 is 76.0 Å². The number of nitrogens with one attached hydrogen (secondary N) is 1. The van der Waals surface area contributed by atoms with E-state index in [1.54, 1.807) is 25.9 Å². The Bertz CT molecular complexity index is 1310. The number of hydrogen-bond donors (Lipinski definition) is 4. The lowest BCUT2D eigenvalue weighted by Crippen LogP contribution is -2.74. The van der Waals surface area contributed by atoms with E-state index in [1.165, 1.54) is 25.1 Å². The van der Waals surface area contributed by atoms with Crippen molar-refractivity contribution in [2.75, 3.05) is 39.7 Å². The number of nitrogens with two attached hydrogens (primary N) is 1. The third-order valence-electron chi connectivity index (χ3n) is 8.07. The van der Waals surface area contributed by atoms with E-state index in [2.05, 4.69) is 5.48 Å². The average molecular weight is 545 g/mol. The topological polar surface area (TPSA) is 197 Å². The molecule has 210 valence electrons. The number of rotatable bonds is 6. The van der Waals surface area contributed by atoms with Gasteiger partial charge in [-0.25, -0.2) is 5.48 Å². The third-order valence-corrected chi connectivity index (χ3v) is 8.07. The summed E-state index contributed by atoms with van der Waals surface area (Å²) in [6, 6.07) is 0.225. The van der Waals surface area contributed by atoms with Gasteiger partial charge in [-0.05, 0) is 51.4 Å². The molecule has 4 rings (SSSR count). The van der Waals surface area contributed by atoms with Gasteiger partial charge in [0.2, 0.25) is 5.91 Å². The Morgan fingerprint density at radius 3 is 2.33 bits per heavy atom. The smallest absolute Gasteiger partial charge is 0.278 e. The van der Waals surface area contributed by atoms with Crippen LogP contribution < -0.4 is 16.1 Å². The van der Waals surface area contributed by atoms with Gasteiger partial charge >= 0.3 is 0 Å². The summed E-state index contributed by atoms with van der Waals surface area (Å²) in [6.45, 7) is 1.78. The number of fused-ring (bicyclic) bond motifs is 3. The number of phenols is 1. The third kappa shape index (κ3) is 4.03. The lowest BCUT2D eigenvalue weighted by molar-refractivity contribution is -0.181. The predicted octanol–water partition coefficient (Wildman–Crippen LogP) is -1.39. The second-order valence-electron chi connectivity index (χ2n) is 10.7. The molecule has 2 saturated carbocycles. The molecule has 0 aromatic heterocycles. The highest BCUT2D eigenvalue weighted by Gasteiger charge is 2.69. The molecule has 0 heterocycles. The molecule has 0 aliphatic heterocycles. The maximum Gasteiger partial charge on any atom is 0.278 e. The van der Waals surface area contributed by atoms with Crippen LogP contribution in [0.15, 0.2) is 6.07 Å². The molecule has 6 atom stereocenters. The van der Waals surface area contributed by atoms with Gasteiger partial charge in [0.15, 0.2) is 34.7 Å². The van der Waals surface area contributed by atoms with Crippen molar-refractivity contribution in [1.29, 1.82) is 0 Å². The summed E-state index contributed by atoms with van der Waals surface area (Å²) < 4.78 is 0. The standard InChI is InChI=1S/C26H32N4O9/c1-6-39-28-25(37)12-9-14(29(2)3)11-7-10-8-13-18(30(4)5)21(33)17(24(27)36)23(35)26(13,38)22(34)15(10)20(32)16(11)19(12)31/h9-10,13,15,17-18,31,38H,6-8H2,1-5H3,(H2,27,36)(H,28,37)/t10-,13-,15?,17?,18-,26-/m0/s1. The highest BCUT2D eigenvalue weighted by Crippen LogP contribution is 2.52. The lowest BCUT2D eigenvalue weighted by atomic mass is 9.52. The average Bonchev–Trinajstić information content (AvgIpc) is 2.84. The minimum atomic E-state index is -2.82. The maximum atomic E-state index is 13.9. The van der Waals surface area contributed by atoms with Gasteiger partial charge in [-0.1, -0.05) is 0 Å². The molecule has 39 heavy (non-hydrogen) atoms. The van der Waals surface area contributed by atoms with E-state index in [0.29, 0.717) is 11.3 Å². The minimum Gasteiger partial charge on any atom is -0.506 e. The first-order chi connectivity index (χ1) is 18.2. The molecule has 13 heteroatoms. The first kappa shape index (κ1) is 28.3. The van der Waals surface area contributed by atoms with Crippen molar-refractivity contribution in [3.05, 3.63) is 22.8 Å². The van der Waals surface area contributed by atoms with Crippen LogP contribution in [-0.4, -0.2) is 96.5 Å². The fourth-order valence-corrected chi connectivity index (χ4v) is 6.42. The van der Waals surface area contributed by atoms with Gasteiger partial charge in [0, 0.05) is 25.7 Å². The number of hydroxylamine groups is 1. The summed E-state index contributed by atoms with van der Waals surface area (Å²) in [5, 5.41) is 22.7. The maximum absolute atomic E-state index is 13.9. The van der Waals surface area contributed by atoms with Crippen molar-refractivity contribution in [3.8, 4) is 5.75 Å². The molecular weight excluding hydrogens is 512 g/mol. The summed E-state index contributed by atoms with van der Waals surface area (Å²) in [5.41, 5.74) is 4.97. The summed E-state index contributed by atoms with van der Waals surface area (Å²) in [5.74, 6) is -12.5. The van der Waals surface area contributed by atoms with Gasteiger partial charge < -0.3 is 20.8 Å². The van der Waals surface area contributed by atoms with Crippen molar-refractivity contribution in [2.45, 2.75) is 31.4 Å². The number of primary amides is 1. The number of ketones is 4. The molecule has 0 bridgehead atoms. The normalized spacial score (nSPS) is 30.0. The van der Waals surface area contributed by atoms with Gasteiger partial charge in [0.1, 0.15) is 5.75 Å². The molecule has 0 spiro atoms. The second kappa shape index (κ2) is 9.81. The number of nitrogens with zero attached hydrogens (tertiary/aromatic N) is 2. The first-order valence-corrected chi connectivity index (χ1v) is 12.5. The number of phenolic OH excluding ortho intramolecular Hbond substituents is 1. The number of aromatic hydroxyl groups is 1. The molecule has 13 nitrogen and oxygen atoms in total. The SMILES string of the molecule is CCONC(=O)c1cc(N(C)C)c2c(c1O)C(=O)C1C(=O)[C@]3(O)C(=O)C(C(N)=O)C(=O)[C@@H](N(C)C)[C@@H]3C[C@@H]1C2. The summed E-state index contributed by atoms with van der Waals surface area (Å²) >= 11 is 0. The number of anilines is 1. The van der Waals surface area contributed by atoms with E-state index in [1.807, 2.05) is 0 Å². The Kier molecular flexibility index (Phi) is 7.13. The van der Waals surface area contributed by atoms with E-state index in [4.69, 9.17) is 10.6 Å². The molecule has 2 fully saturated rings. The van der Waals surface area contributed by atoms with E-state index >= 15 is 0 Å². The Morgan fingerprint density at radius 1 is 1.15 bits per heavy atom. The fraction of sp³-hybridized carbons (Fsp3) is 0.538. The number of carbonyl (C=O) groups is 6. The predicted molar refractivity (Wildman–Crippen MR) is 135 cm³/mol. The Balaban J connectivity index is 1.89. The number of amides is 2. The molecule has 3 aliphatic carbocycles. The minimum absolute atomic E-state index is 0.0654. The number of carbonyl (C=O) groups excluding carboxylic acids is 6. The molecule has 5 N–H and O–H groups in total. The van der Waals surface area contributed by atoms with Crippen LogP contribution in [-0.2, 0) is 30.4 Å². The number of Topliss-reactive ketones (excluding diaryl/α,β-unsaturated/α-hetero) is 4. The second-order valence-corrected chi connectivity index (χ2v) is 10.7. The highest BCUT2D eigenvalue weighted by molar-refractivity contribution is 6.32. The van der Waals surface area contributed by atoms with Gasteiger partial charge in [0.05, 0.1) is 29.7 Å². The van der Waals surface area contributed by atoms with Crippen molar-refractivity contribution < 1.29 is 43.8 Å². The zero-order valence-electron chi connectivity index (χ0n) is 22.3.